The van der Waals surface area contributed by atoms with E-state index in [1.807, 2.05) is 0 Å². The fourth-order valence-corrected chi connectivity index (χ4v) is 2.12. The Kier molecular flexibility index (Phi) is 3.98. The Hall–Kier alpha value is -1.11. The van der Waals surface area contributed by atoms with E-state index in [9.17, 15) is 9.18 Å². The second-order valence-corrected chi connectivity index (χ2v) is 5.00. The Morgan fingerprint density at radius 1 is 1.53 bits per heavy atom. The van der Waals surface area contributed by atoms with Crippen LogP contribution < -0.4 is 15.6 Å². The zero-order chi connectivity index (χ0) is 12.3. The lowest BCUT2D eigenvalue weighted by Gasteiger charge is -2.26. The zero-order valence-corrected chi connectivity index (χ0v) is 10.2. The highest BCUT2D eigenvalue weighted by Crippen LogP contribution is 2.12. The number of hydrogen-bond donors (Lipinski definition) is 3. The number of carbonyl (C=O) groups is 1. The molecule has 92 valence electrons. The van der Waals surface area contributed by atoms with Gasteiger partial charge in [0.2, 0.25) is 0 Å². The standard InChI is InChI=1S/C11H14FN3OS/c1-7-3-2-4-9(10(7)12)11(16)14-15-17-8-5-13-6-8/h2-4,8,13,15H,5-6H2,1H3,(H,14,16). The molecule has 0 unspecified atom stereocenters. The fraction of sp³-hybridized carbons (Fsp3) is 0.364. The van der Waals surface area contributed by atoms with Crippen molar-refractivity contribution < 1.29 is 9.18 Å². The topological polar surface area (TPSA) is 53.2 Å². The Morgan fingerprint density at radius 3 is 2.94 bits per heavy atom. The van der Waals surface area contributed by atoms with Crippen LogP contribution in [0.2, 0.25) is 0 Å². The van der Waals surface area contributed by atoms with Gasteiger partial charge in [-0.15, -0.1) is 0 Å². The van der Waals surface area contributed by atoms with E-state index in [0.29, 0.717) is 10.8 Å². The first-order valence-corrected chi connectivity index (χ1v) is 6.23. The van der Waals surface area contributed by atoms with Gasteiger partial charge >= 0.3 is 0 Å². The predicted octanol–water partition coefficient (Wildman–Crippen LogP) is 0.989. The molecule has 3 N–H and O–H groups in total. The third-order valence-corrected chi connectivity index (χ3v) is 3.46. The molecule has 0 radical (unpaired) electrons. The van der Waals surface area contributed by atoms with Gasteiger partial charge in [-0.2, -0.15) is 4.83 Å². The molecule has 1 saturated heterocycles. The van der Waals surface area contributed by atoms with Crippen molar-refractivity contribution in [3.05, 3.63) is 35.1 Å². The van der Waals surface area contributed by atoms with Gasteiger partial charge in [-0.3, -0.25) is 10.2 Å². The summed E-state index contributed by atoms with van der Waals surface area (Å²) in [5.74, 6) is -0.923. The highest BCUT2D eigenvalue weighted by Gasteiger charge is 2.18. The van der Waals surface area contributed by atoms with Gasteiger partial charge in [0, 0.05) is 18.3 Å². The van der Waals surface area contributed by atoms with Gasteiger partial charge in [0.1, 0.15) is 5.82 Å². The number of hydrogen-bond acceptors (Lipinski definition) is 4. The summed E-state index contributed by atoms with van der Waals surface area (Å²) in [5.41, 5.74) is 3.00. The largest absolute Gasteiger partial charge is 0.314 e. The zero-order valence-electron chi connectivity index (χ0n) is 9.42. The number of halogens is 1. The molecule has 1 aliphatic rings. The quantitative estimate of drug-likeness (QED) is 0.555. The van der Waals surface area contributed by atoms with E-state index in [2.05, 4.69) is 15.6 Å². The molecular weight excluding hydrogens is 241 g/mol. The molecule has 1 aliphatic heterocycles. The summed E-state index contributed by atoms with van der Waals surface area (Å²) < 4.78 is 13.6. The second kappa shape index (κ2) is 5.48. The summed E-state index contributed by atoms with van der Waals surface area (Å²) in [6, 6.07) is 4.76. The minimum absolute atomic E-state index is 0.0600. The van der Waals surface area contributed by atoms with E-state index in [-0.39, 0.29) is 5.56 Å². The van der Waals surface area contributed by atoms with Crippen molar-refractivity contribution in [2.75, 3.05) is 13.1 Å². The molecule has 0 atom stereocenters. The molecule has 2 rings (SSSR count). The molecular formula is C11H14FN3OS. The van der Waals surface area contributed by atoms with Gasteiger partial charge in [-0.25, -0.2) is 4.39 Å². The van der Waals surface area contributed by atoms with Crippen LogP contribution in [0.1, 0.15) is 15.9 Å². The Morgan fingerprint density at radius 2 is 2.29 bits per heavy atom. The highest BCUT2D eigenvalue weighted by atomic mass is 32.2. The highest BCUT2D eigenvalue weighted by molar-refractivity contribution is 7.98. The van der Waals surface area contributed by atoms with Crippen molar-refractivity contribution >= 4 is 17.9 Å². The molecule has 0 bridgehead atoms. The summed E-state index contributed by atoms with van der Waals surface area (Å²) in [7, 11) is 0. The molecule has 6 heteroatoms. The molecule has 0 aliphatic carbocycles. The predicted molar refractivity (Wildman–Crippen MR) is 66.0 cm³/mol. The van der Waals surface area contributed by atoms with E-state index >= 15 is 0 Å². The number of rotatable bonds is 4. The molecule has 1 aromatic carbocycles. The first-order chi connectivity index (χ1) is 8.18. The number of carbonyl (C=O) groups excluding carboxylic acids is 1. The number of amides is 1. The van der Waals surface area contributed by atoms with Crippen LogP contribution in [-0.4, -0.2) is 24.2 Å². The number of aryl methyl sites for hydroxylation is 1. The Labute approximate surface area is 103 Å². The molecule has 4 nitrogen and oxygen atoms in total. The fourth-order valence-electron chi connectivity index (χ4n) is 1.39. The normalized spacial score (nSPS) is 15.4. The average Bonchev–Trinajstić information content (AvgIpc) is 2.25. The first kappa shape index (κ1) is 12.3. The molecule has 0 saturated carbocycles. The lowest BCUT2D eigenvalue weighted by Crippen LogP contribution is -2.47. The minimum atomic E-state index is -0.470. The van der Waals surface area contributed by atoms with Crippen molar-refractivity contribution in [2.45, 2.75) is 12.2 Å². The number of nitrogens with one attached hydrogen (secondary N) is 3. The van der Waals surface area contributed by atoms with Gasteiger partial charge in [0.05, 0.1) is 5.56 Å². The molecule has 1 aromatic rings. The SMILES string of the molecule is Cc1cccc(C(=O)NNSC2CNC2)c1F. The van der Waals surface area contributed by atoms with Crippen molar-refractivity contribution in [1.29, 1.82) is 0 Å². The maximum atomic E-state index is 13.6. The number of hydrazine groups is 1. The summed E-state index contributed by atoms with van der Waals surface area (Å²) >= 11 is 1.43. The van der Waals surface area contributed by atoms with E-state index in [1.54, 1.807) is 19.1 Å². The van der Waals surface area contributed by atoms with E-state index in [0.717, 1.165) is 13.1 Å². The van der Waals surface area contributed by atoms with Gasteiger partial charge in [0.25, 0.3) is 5.91 Å². The maximum Gasteiger partial charge on any atom is 0.269 e. The van der Waals surface area contributed by atoms with Gasteiger partial charge < -0.3 is 5.32 Å². The smallest absolute Gasteiger partial charge is 0.269 e. The van der Waals surface area contributed by atoms with Gasteiger partial charge in [0.15, 0.2) is 0 Å². The van der Waals surface area contributed by atoms with Crippen LogP contribution in [0.15, 0.2) is 18.2 Å². The number of benzene rings is 1. The van der Waals surface area contributed by atoms with Crippen molar-refractivity contribution in [2.24, 2.45) is 0 Å². The van der Waals surface area contributed by atoms with Gasteiger partial charge in [-0.05, 0) is 18.6 Å². The molecule has 0 spiro atoms. The van der Waals surface area contributed by atoms with Crippen LogP contribution in [0.5, 0.6) is 0 Å². The molecule has 1 heterocycles. The lowest BCUT2D eigenvalue weighted by atomic mass is 10.1. The minimum Gasteiger partial charge on any atom is -0.314 e. The first-order valence-electron chi connectivity index (χ1n) is 5.35. The van der Waals surface area contributed by atoms with E-state index in [4.69, 9.17) is 0 Å². The second-order valence-electron chi connectivity index (χ2n) is 3.89. The van der Waals surface area contributed by atoms with Crippen LogP contribution in [0, 0.1) is 12.7 Å². The van der Waals surface area contributed by atoms with Crippen LogP contribution >= 0.6 is 11.9 Å². The lowest BCUT2D eigenvalue weighted by molar-refractivity contribution is 0.0942. The summed E-state index contributed by atoms with van der Waals surface area (Å²) in [6.45, 7) is 3.48. The summed E-state index contributed by atoms with van der Waals surface area (Å²) in [5, 5.41) is 3.57. The summed E-state index contributed by atoms with van der Waals surface area (Å²) in [6.07, 6.45) is 0. The summed E-state index contributed by atoms with van der Waals surface area (Å²) in [4.78, 5) is 14.4. The van der Waals surface area contributed by atoms with Crippen LogP contribution in [0.3, 0.4) is 0 Å². The molecule has 17 heavy (non-hydrogen) atoms. The Bertz CT molecular complexity index is 423. The van der Waals surface area contributed by atoms with Crippen molar-refractivity contribution in [3.8, 4) is 0 Å². The molecule has 0 aromatic heterocycles. The Balaban J connectivity index is 1.87. The maximum absolute atomic E-state index is 13.6. The third-order valence-electron chi connectivity index (χ3n) is 2.57. The van der Waals surface area contributed by atoms with Crippen LogP contribution in [0.25, 0.3) is 0 Å². The average molecular weight is 255 g/mol. The molecule has 1 fully saturated rings. The van der Waals surface area contributed by atoms with Crippen LogP contribution in [-0.2, 0) is 0 Å². The van der Waals surface area contributed by atoms with Crippen molar-refractivity contribution in [1.82, 2.24) is 15.6 Å². The monoisotopic (exact) mass is 255 g/mol. The van der Waals surface area contributed by atoms with E-state index in [1.165, 1.54) is 18.0 Å². The third kappa shape index (κ3) is 2.96. The molecule has 1 amide bonds. The van der Waals surface area contributed by atoms with Gasteiger partial charge in [-0.1, -0.05) is 24.1 Å². The van der Waals surface area contributed by atoms with Crippen molar-refractivity contribution in [3.63, 3.8) is 0 Å². The van der Waals surface area contributed by atoms with Crippen LogP contribution in [0.4, 0.5) is 4.39 Å². The van der Waals surface area contributed by atoms with E-state index < -0.39 is 11.7 Å².